The van der Waals surface area contributed by atoms with Crippen molar-refractivity contribution in [2.24, 2.45) is 0 Å². The molecule has 364 valence electrons. The lowest BCUT2D eigenvalue weighted by Gasteiger charge is -2.32. The Morgan fingerprint density at radius 1 is 0.517 bits per heavy atom. The molecule has 0 radical (unpaired) electrons. The van der Waals surface area contributed by atoms with Crippen molar-refractivity contribution >= 4 is 48.8 Å². The lowest BCUT2D eigenvalue weighted by molar-refractivity contribution is -0.446. The van der Waals surface area contributed by atoms with Crippen molar-refractivity contribution in [3.05, 3.63) is 12.1 Å². The van der Waals surface area contributed by atoms with Gasteiger partial charge in [-0.15, -0.1) is 0 Å². The molecule has 0 heterocycles. The van der Waals surface area contributed by atoms with E-state index in [1.54, 1.807) is 0 Å². The Labute approximate surface area is 330 Å². The first kappa shape index (κ1) is 63.0. The van der Waals surface area contributed by atoms with E-state index in [4.69, 9.17) is 10.2 Å². The molecule has 0 aromatic carbocycles. The molecule has 2 N–H and O–H groups in total. The van der Waals surface area contributed by atoms with Gasteiger partial charge in [0, 0.05) is 22.0 Å². The number of rotatable bonds is 19. The van der Waals surface area contributed by atoms with Crippen LogP contribution in [0.1, 0.15) is 0 Å². The number of thioether (sulfide) groups is 2. The van der Waals surface area contributed by atoms with E-state index < -0.39 is 131 Å². The quantitative estimate of drug-likeness (QED) is 0.0584. The number of aliphatic hydroxyl groups is 2. The molecular weight excluding hydrogens is 1030 g/mol. The van der Waals surface area contributed by atoms with Gasteiger partial charge in [0.05, 0.1) is 13.2 Å². The number of hydrogen-bond acceptors (Lipinski definition) is 9. The van der Waals surface area contributed by atoms with Gasteiger partial charge in [0.2, 0.25) is 0 Å². The summed E-state index contributed by atoms with van der Waals surface area (Å²) in [6, 6.07) is -3.52. The minimum atomic E-state index is -7.25. The van der Waals surface area contributed by atoms with Crippen LogP contribution in [0.3, 0.4) is 0 Å². The molecule has 0 saturated heterocycles. The second-order valence-corrected chi connectivity index (χ2v) is 13.4. The molecule has 0 fully saturated rings. The van der Waals surface area contributed by atoms with Gasteiger partial charge in [-0.25, -0.2) is 8.78 Å². The van der Waals surface area contributed by atoms with Crippen LogP contribution in [0.4, 0.5) is 132 Å². The smallest absolute Gasteiger partial charge is 0.397 e. The lowest BCUT2D eigenvalue weighted by Crippen LogP contribution is -2.55. The average molecular weight is 1050 g/mol. The van der Waals surface area contributed by atoms with Gasteiger partial charge in [-0.05, 0) is 0 Å². The van der Waals surface area contributed by atoms with Gasteiger partial charge >= 0.3 is 77.2 Å². The fourth-order valence-corrected chi connectivity index (χ4v) is 3.94. The highest BCUT2D eigenvalue weighted by molar-refractivity contribution is 8.04. The summed E-state index contributed by atoms with van der Waals surface area (Å²) in [4.78, 5) is 0. The van der Waals surface area contributed by atoms with Crippen molar-refractivity contribution in [3.8, 4) is 0 Å². The first-order valence-electron chi connectivity index (χ1n) is 13.1. The van der Waals surface area contributed by atoms with Gasteiger partial charge in [-0.3, -0.25) is 9.47 Å². The van der Waals surface area contributed by atoms with E-state index in [0.717, 1.165) is 0 Å². The molecule has 0 aliphatic rings. The molecule has 39 heteroatoms. The van der Waals surface area contributed by atoms with Crippen molar-refractivity contribution in [1.82, 2.24) is 0 Å². The molecule has 60 heavy (non-hydrogen) atoms. The van der Waals surface area contributed by atoms with E-state index in [-0.39, 0.29) is 11.9 Å². The van der Waals surface area contributed by atoms with Crippen LogP contribution >= 0.6 is 48.8 Å². The molecule has 0 spiro atoms. The second-order valence-electron chi connectivity index (χ2n) is 9.65. The van der Waals surface area contributed by atoms with Gasteiger partial charge in [-0.1, -0.05) is 23.5 Å². The summed E-state index contributed by atoms with van der Waals surface area (Å²) in [7, 11) is 0. The first-order chi connectivity index (χ1) is 26.0. The van der Waals surface area contributed by atoms with Crippen molar-refractivity contribution in [2.45, 2.75) is 88.3 Å². The number of ether oxygens (including phenoxy) is 3. The third-order valence-corrected chi connectivity index (χ3v) is 8.55. The van der Waals surface area contributed by atoms with Crippen molar-refractivity contribution in [3.63, 3.8) is 0 Å². The number of halogens is 30. The first-order valence-corrected chi connectivity index (χ1v) is 16.1. The van der Waals surface area contributed by atoms with Gasteiger partial charge in [0.1, 0.15) is 0 Å². The molecule has 0 amide bonds. The Morgan fingerprint density at radius 2 is 0.833 bits per heavy atom. The Hall–Kier alpha value is -1.32. The van der Waals surface area contributed by atoms with Crippen molar-refractivity contribution in [2.75, 3.05) is 24.7 Å². The highest BCUT2D eigenvalue weighted by Crippen LogP contribution is 2.52. The van der Waals surface area contributed by atoms with Crippen molar-refractivity contribution < 1.29 is 156 Å². The molecule has 4 atom stereocenters. The Kier molecular flexibility index (Phi) is 23.1. The molecule has 0 aliphatic heterocycles. The third-order valence-electron chi connectivity index (χ3n) is 4.97. The summed E-state index contributed by atoms with van der Waals surface area (Å²) in [5.74, 6) is -22.6. The summed E-state index contributed by atoms with van der Waals surface area (Å²) in [5.41, 5.74) is 0. The van der Waals surface area contributed by atoms with Crippen LogP contribution in [0.2, 0.25) is 0 Å². The number of alkyl halides is 27. The SMILES string of the molecule is FC(F)=C(F)OC(F)(F)C(F)(F)C(F)(F)F.OCC(CSC(F)(F)C(F)OC(F)(F)C(F)(F)C(F)(F)F)SC(F)(F)C(F)OC(F)(F)C(F)(F)C(F)(F)F.OCC(S)CS. The summed E-state index contributed by atoms with van der Waals surface area (Å²) in [6.07, 6.45) is -55.3. The van der Waals surface area contributed by atoms with E-state index in [0.29, 0.717) is 5.75 Å². The summed E-state index contributed by atoms with van der Waals surface area (Å²) < 4.78 is 377. The zero-order valence-electron chi connectivity index (χ0n) is 26.8. The van der Waals surface area contributed by atoms with E-state index in [1.807, 2.05) is 4.74 Å². The predicted octanol–water partition coefficient (Wildman–Crippen LogP) is 11.2. The maximum atomic E-state index is 13.6. The highest BCUT2D eigenvalue weighted by Gasteiger charge is 2.78. The number of aliphatic hydroxyl groups excluding tert-OH is 2. The van der Waals surface area contributed by atoms with E-state index in [9.17, 15) is 132 Å². The van der Waals surface area contributed by atoms with E-state index in [2.05, 4.69) is 34.7 Å². The Balaban J connectivity index is -0.00000121. The normalized spacial score (nSPS) is 16.4. The third kappa shape index (κ3) is 17.3. The van der Waals surface area contributed by atoms with E-state index in [1.165, 1.54) is 0 Å². The summed E-state index contributed by atoms with van der Waals surface area (Å²) >= 11 is 4.64. The van der Waals surface area contributed by atoms with Crippen LogP contribution in [0.25, 0.3) is 0 Å². The fraction of sp³-hybridized carbons (Fsp3) is 0.905. The molecule has 0 aliphatic carbocycles. The van der Waals surface area contributed by atoms with Crippen LogP contribution in [-0.2, 0) is 14.2 Å². The lowest BCUT2D eigenvalue weighted by atomic mass is 10.3. The predicted molar refractivity (Wildman–Crippen MR) is 146 cm³/mol. The molecule has 0 bridgehead atoms. The minimum Gasteiger partial charge on any atom is -0.397 e. The number of hydrogen-bond donors (Lipinski definition) is 4. The van der Waals surface area contributed by atoms with Gasteiger partial charge in [0.25, 0.3) is 12.7 Å². The molecule has 0 saturated carbocycles. The average Bonchev–Trinajstić information content (AvgIpc) is 3.04. The standard InChI is InChI=1S/C13H8F20O3S2.C5F10O.C3H8OS2/c14-4(35-12(30,31)8(20,21)10(24,25)26)6(16,17)37-2-3(1-34)38-7(18,19)5(15)36-13(32,33)9(22,23)11(27,28)29;6-1(7)2(8)16-5(14,15)3(9,10)4(11,12)13;4-1-3(6)2-5/h3-5,34H,1-2H2;;3-6H,1-2H2. The maximum absolute atomic E-state index is 13.6. The monoisotopic (exact) mass is 1050 g/mol. The zero-order chi connectivity index (χ0) is 49.3. The van der Waals surface area contributed by atoms with Gasteiger partial charge in [-0.2, -0.15) is 148 Å². The van der Waals surface area contributed by atoms with Gasteiger partial charge in [0.15, 0.2) is 0 Å². The Bertz CT molecular complexity index is 1320. The van der Waals surface area contributed by atoms with E-state index >= 15 is 0 Å². The van der Waals surface area contributed by atoms with Crippen LogP contribution in [-0.4, -0.2) is 123 Å². The Morgan fingerprint density at radius 3 is 1.08 bits per heavy atom. The molecule has 0 aromatic rings. The largest absolute Gasteiger partial charge is 0.476 e. The maximum Gasteiger partial charge on any atom is 0.476 e. The molecule has 5 nitrogen and oxygen atoms in total. The number of thiol groups is 2. The van der Waals surface area contributed by atoms with Crippen molar-refractivity contribution in [1.29, 1.82) is 0 Å². The minimum absolute atomic E-state index is 0.0494. The zero-order valence-corrected chi connectivity index (χ0v) is 30.2. The van der Waals surface area contributed by atoms with Crippen LogP contribution in [0.15, 0.2) is 12.1 Å². The fourth-order valence-electron chi connectivity index (χ4n) is 1.98. The van der Waals surface area contributed by atoms with Crippen LogP contribution in [0, 0.1) is 0 Å². The second kappa shape index (κ2) is 22.0. The molecule has 4 unspecified atom stereocenters. The topological polar surface area (TPSA) is 68.2 Å². The molecular formula is C21H16F30O5S4. The highest BCUT2D eigenvalue weighted by atomic mass is 32.2. The van der Waals surface area contributed by atoms with Gasteiger partial charge < -0.3 is 14.9 Å². The summed E-state index contributed by atoms with van der Waals surface area (Å²) in [5, 5.41) is 3.06. The summed E-state index contributed by atoms with van der Waals surface area (Å²) in [6.45, 7) is -1.77. The molecule has 0 rings (SSSR count). The van der Waals surface area contributed by atoms with Crippen LogP contribution in [0.5, 0.6) is 0 Å². The molecule has 0 aromatic heterocycles. The van der Waals surface area contributed by atoms with Crippen LogP contribution < -0.4 is 0 Å².